The molecule has 3 rings (SSSR count). The highest BCUT2D eigenvalue weighted by atomic mass is 32.2. The first-order valence-electron chi connectivity index (χ1n) is 7.76. The number of amides is 1. The maximum atomic E-state index is 11.5. The van der Waals surface area contributed by atoms with Gasteiger partial charge in [0.05, 0.1) is 11.5 Å². The molecule has 2 aliphatic rings. The van der Waals surface area contributed by atoms with E-state index in [1.54, 1.807) is 12.1 Å². The van der Waals surface area contributed by atoms with Crippen molar-refractivity contribution in [2.45, 2.75) is 23.2 Å². The summed E-state index contributed by atoms with van der Waals surface area (Å²) >= 11 is 1.47. The summed E-state index contributed by atoms with van der Waals surface area (Å²) < 4.78 is 34.5. The van der Waals surface area contributed by atoms with Gasteiger partial charge in [0.15, 0.2) is 0 Å². The number of benzene rings is 1. The molecular weight excluding hydrogens is 396 g/mol. The molecule has 0 spiro atoms. The number of nitrogens with two attached hydrogens (primary N) is 1. The standard InChI is InChI=1S/C9H12N2O4S.C7H8O3S/c1-15-2-4-3-16-8-5(10)7(12)11(8)6(4)9(13)14;1-6-2-4-7(5-3-6)11(8,9)10/h5,8H,2-3,10H2,1H3,(H,13,14);2-5H,1H3,(H,8,9,10)/t5-,8-;/m1./s1. The third-order valence-electron chi connectivity index (χ3n) is 3.93. The molecule has 9 nitrogen and oxygen atoms in total. The third-order valence-corrected chi connectivity index (χ3v) is 6.16. The molecule has 4 N–H and O–H groups in total. The van der Waals surface area contributed by atoms with E-state index in [0.29, 0.717) is 11.3 Å². The number of rotatable bonds is 4. The summed E-state index contributed by atoms with van der Waals surface area (Å²) in [5.41, 5.74) is 7.22. The number of thioether (sulfide) groups is 1. The normalized spacial score (nSPS) is 21.8. The van der Waals surface area contributed by atoms with Crippen molar-refractivity contribution in [3.05, 3.63) is 41.1 Å². The fourth-order valence-electron chi connectivity index (χ4n) is 2.58. The van der Waals surface area contributed by atoms with Gasteiger partial charge in [0.2, 0.25) is 5.91 Å². The molecule has 27 heavy (non-hydrogen) atoms. The molecule has 1 aromatic rings. The minimum Gasteiger partial charge on any atom is -0.477 e. The minimum atomic E-state index is -4.02. The first-order chi connectivity index (χ1) is 12.6. The molecule has 0 aliphatic carbocycles. The van der Waals surface area contributed by atoms with Gasteiger partial charge in [0.25, 0.3) is 10.1 Å². The lowest BCUT2D eigenvalue weighted by atomic mass is 10.0. The molecule has 0 aromatic heterocycles. The van der Waals surface area contributed by atoms with E-state index in [1.807, 2.05) is 6.92 Å². The molecule has 0 bridgehead atoms. The number of aliphatic carboxylic acids is 1. The molecular formula is C16H20N2O7S2. The lowest BCUT2D eigenvalue weighted by Gasteiger charge is -2.47. The number of hydrogen-bond donors (Lipinski definition) is 3. The van der Waals surface area contributed by atoms with Gasteiger partial charge in [-0.25, -0.2) is 4.79 Å². The van der Waals surface area contributed by atoms with Crippen LogP contribution in [0.25, 0.3) is 0 Å². The second-order valence-corrected chi connectivity index (χ2v) is 8.44. The third kappa shape index (κ3) is 4.68. The quantitative estimate of drug-likeness (QED) is 0.470. The van der Waals surface area contributed by atoms with Crippen LogP contribution in [0.5, 0.6) is 0 Å². The average Bonchev–Trinajstić information content (AvgIpc) is 2.60. The number of carbonyl (C=O) groups is 2. The molecule has 0 saturated carbocycles. The van der Waals surface area contributed by atoms with Gasteiger partial charge in [0.1, 0.15) is 17.1 Å². The average molecular weight is 416 g/mol. The van der Waals surface area contributed by atoms with Gasteiger partial charge < -0.3 is 15.6 Å². The van der Waals surface area contributed by atoms with Gasteiger partial charge in [-0.15, -0.1) is 11.8 Å². The zero-order valence-electron chi connectivity index (χ0n) is 14.7. The van der Waals surface area contributed by atoms with Gasteiger partial charge in [0, 0.05) is 12.9 Å². The van der Waals surface area contributed by atoms with Gasteiger partial charge in [-0.1, -0.05) is 17.7 Å². The number of carboxylic acids is 1. The van der Waals surface area contributed by atoms with Crippen LogP contribution in [0.3, 0.4) is 0 Å². The van der Waals surface area contributed by atoms with E-state index in [4.69, 9.17) is 20.1 Å². The van der Waals surface area contributed by atoms with Crippen LogP contribution in [0.4, 0.5) is 0 Å². The van der Waals surface area contributed by atoms with Crippen LogP contribution >= 0.6 is 11.8 Å². The predicted octanol–water partition coefficient (Wildman–Crippen LogP) is 0.456. The molecule has 2 heterocycles. The van der Waals surface area contributed by atoms with E-state index in [9.17, 15) is 18.0 Å². The zero-order valence-corrected chi connectivity index (χ0v) is 16.3. The smallest absolute Gasteiger partial charge is 0.352 e. The van der Waals surface area contributed by atoms with Gasteiger partial charge in [-0.2, -0.15) is 8.42 Å². The SMILES string of the molecule is COCC1=C(C(=O)O)N2C(=O)[C@@H](N)[C@H]2SC1.Cc1ccc(S(=O)(=O)O)cc1. The lowest BCUT2D eigenvalue weighted by Crippen LogP contribution is -2.68. The van der Waals surface area contributed by atoms with Crippen molar-refractivity contribution < 1.29 is 32.4 Å². The number of carboxylic acid groups (broad SMARTS) is 1. The van der Waals surface area contributed by atoms with E-state index >= 15 is 0 Å². The van der Waals surface area contributed by atoms with Crippen LogP contribution in [-0.4, -0.2) is 65.7 Å². The number of hydrogen-bond acceptors (Lipinski definition) is 7. The van der Waals surface area contributed by atoms with Crippen molar-refractivity contribution >= 4 is 33.8 Å². The number of nitrogens with zero attached hydrogens (tertiary/aromatic N) is 1. The number of aryl methyl sites for hydroxylation is 1. The number of fused-ring (bicyclic) bond motifs is 1. The lowest BCUT2D eigenvalue weighted by molar-refractivity contribution is -0.148. The molecule has 0 unspecified atom stereocenters. The van der Waals surface area contributed by atoms with Crippen molar-refractivity contribution in [1.29, 1.82) is 0 Å². The topological polar surface area (TPSA) is 147 Å². The van der Waals surface area contributed by atoms with Crippen LogP contribution in [0, 0.1) is 6.92 Å². The molecule has 11 heteroatoms. The van der Waals surface area contributed by atoms with E-state index in [-0.39, 0.29) is 28.5 Å². The monoisotopic (exact) mass is 416 g/mol. The molecule has 1 aromatic carbocycles. The minimum absolute atomic E-state index is 0.0392. The second-order valence-electron chi connectivity index (χ2n) is 5.91. The fraction of sp³-hybridized carbons (Fsp3) is 0.375. The van der Waals surface area contributed by atoms with Crippen molar-refractivity contribution in [3.8, 4) is 0 Å². The number of ether oxygens (including phenoxy) is 1. The Morgan fingerprint density at radius 1 is 1.37 bits per heavy atom. The van der Waals surface area contributed by atoms with Gasteiger partial charge in [-0.05, 0) is 24.6 Å². The van der Waals surface area contributed by atoms with Crippen LogP contribution < -0.4 is 5.73 Å². The van der Waals surface area contributed by atoms with Gasteiger partial charge in [-0.3, -0.25) is 14.2 Å². The van der Waals surface area contributed by atoms with Crippen LogP contribution in [0.2, 0.25) is 0 Å². The molecule has 2 atom stereocenters. The van der Waals surface area contributed by atoms with Crippen molar-refractivity contribution in [2.24, 2.45) is 5.73 Å². The number of methoxy groups -OCH3 is 1. The molecule has 2 aliphatic heterocycles. The van der Waals surface area contributed by atoms with Crippen molar-refractivity contribution in [2.75, 3.05) is 19.5 Å². The Balaban J connectivity index is 0.000000208. The fourth-order valence-corrected chi connectivity index (χ4v) is 4.33. The number of β-lactam (4-membered cyclic amide) rings is 1. The van der Waals surface area contributed by atoms with Crippen molar-refractivity contribution in [1.82, 2.24) is 4.90 Å². The summed E-state index contributed by atoms with van der Waals surface area (Å²) in [7, 11) is -2.53. The predicted molar refractivity (Wildman–Crippen MR) is 98.6 cm³/mol. The summed E-state index contributed by atoms with van der Waals surface area (Å²) in [6.07, 6.45) is 0. The maximum absolute atomic E-state index is 11.5. The van der Waals surface area contributed by atoms with Crippen molar-refractivity contribution in [3.63, 3.8) is 0 Å². The van der Waals surface area contributed by atoms with E-state index in [0.717, 1.165) is 5.56 Å². The number of carbonyl (C=O) groups excluding carboxylic acids is 1. The first kappa shape index (κ1) is 21.4. The Kier molecular flexibility index (Phi) is 6.65. The maximum Gasteiger partial charge on any atom is 0.352 e. The molecule has 148 valence electrons. The zero-order chi connectivity index (χ0) is 20.4. The Morgan fingerprint density at radius 3 is 2.44 bits per heavy atom. The Labute approximate surface area is 160 Å². The summed E-state index contributed by atoms with van der Waals surface area (Å²) in [5, 5.41) is 8.87. The van der Waals surface area contributed by atoms with E-state index in [2.05, 4.69) is 0 Å². The highest BCUT2D eigenvalue weighted by molar-refractivity contribution is 8.00. The van der Waals surface area contributed by atoms with E-state index in [1.165, 1.54) is 35.9 Å². The Bertz CT molecular complexity index is 865. The highest BCUT2D eigenvalue weighted by Crippen LogP contribution is 2.39. The Hall–Kier alpha value is -1.92. The van der Waals surface area contributed by atoms with Crippen LogP contribution in [0.1, 0.15) is 5.56 Å². The largest absolute Gasteiger partial charge is 0.477 e. The summed E-state index contributed by atoms with van der Waals surface area (Å²) in [5.74, 6) is -0.891. The first-order valence-corrected chi connectivity index (χ1v) is 10.3. The molecule has 1 saturated heterocycles. The van der Waals surface area contributed by atoms with Crippen LogP contribution in [0.15, 0.2) is 40.4 Å². The summed E-state index contributed by atoms with van der Waals surface area (Å²) in [4.78, 5) is 23.8. The molecule has 1 fully saturated rings. The Morgan fingerprint density at radius 2 is 1.96 bits per heavy atom. The molecule has 0 radical (unpaired) electrons. The summed E-state index contributed by atoms with van der Waals surface area (Å²) in [6.45, 7) is 2.06. The second kappa shape index (κ2) is 8.40. The molecule has 1 amide bonds. The van der Waals surface area contributed by atoms with E-state index < -0.39 is 22.1 Å². The van der Waals surface area contributed by atoms with Gasteiger partial charge >= 0.3 is 5.97 Å². The summed E-state index contributed by atoms with van der Waals surface area (Å²) in [6, 6.07) is 5.41. The van der Waals surface area contributed by atoms with Crippen LogP contribution in [-0.2, 0) is 24.4 Å². The highest BCUT2D eigenvalue weighted by Gasteiger charge is 2.51.